The minimum Gasteiger partial charge on any atom is -0.497 e. The SMILES string of the molecule is COc1ccc2nc(N)n(-c3ccc(F)cc3C)c2c1. The molecule has 0 aliphatic carbocycles. The molecule has 3 rings (SSSR count). The molecule has 20 heavy (non-hydrogen) atoms. The predicted octanol–water partition coefficient (Wildman–Crippen LogP) is 3.06. The maximum atomic E-state index is 13.2. The lowest BCUT2D eigenvalue weighted by Crippen LogP contribution is -2.02. The summed E-state index contributed by atoms with van der Waals surface area (Å²) < 4.78 is 20.3. The first kappa shape index (κ1) is 12.5. The number of ether oxygens (including phenoxy) is 1. The largest absolute Gasteiger partial charge is 0.497 e. The highest BCUT2D eigenvalue weighted by atomic mass is 19.1. The van der Waals surface area contributed by atoms with Crippen molar-refractivity contribution in [3.8, 4) is 11.4 Å². The first-order chi connectivity index (χ1) is 9.60. The average Bonchev–Trinajstić information content (AvgIpc) is 2.74. The smallest absolute Gasteiger partial charge is 0.205 e. The molecule has 1 heterocycles. The maximum Gasteiger partial charge on any atom is 0.205 e. The summed E-state index contributed by atoms with van der Waals surface area (Å²) in [5, 5.41) is 0. The van der Waals surface area contributed by atoms with Gasteiger partial charge in [0.25, 0.3) is 0 Å². The van der Waals surface area contributed by atoms with Gasteiger partial charge in [0.15, 0.2) is 0 Å². The second-order valence-corrected chi connectivity index (χ2v) is 4.59. The summed E-state index contributed by atoms with van der Waals surface area (Å²) in [4.78, 5) is 4.32. The Labute approximate surface area is 115 Å². The maximum absolute atomic E-state index is 13.2. The molecule has 102 valence electrons. The van der Waals surface area contributed by atoms with Gasteiger partial charge in [-0.3, -0.25) is 4.57 Å². The predicted molar refractivity (Wildman–Crippen MR) is 76.7 cm³/mol. The van der Waals surface area contributed by atoms with E-state index in [1.54, 1.807) is 17.7 Å². The van der Waals surface area contributed by atoms with E-state index in [0.29, 0.717) is 5.95 Å². The second-order valence-electron chi connectivity index (χ2n) is 4.59. The van der Waals surface area contributed by atoms with E-state index in [0.717, 1.165) is 28.0 Å². The summed E-state index contributed by atoms with van der Waals surface area (Å²) in [6.07, 6.45) is 0. The molecule has 2 aromatic carbocycles. The van der Waals surface area contributed by atoms with Crippen LogP contribution in [-0.4, -0.2) is 16.7 Å². The van der Waals surface area contributed by atoms with Crippen molar-refractivity contribution in [2.75, 3.05) is 12.8 Å². The summed E-state index contributed by atoms with van der Waals surface area (Å²) in [7, 11) is 1.61. The van der Waals surface area contributed by atoms with Crippen LogP contribution < -0.4 is 10.5 Å². The molecule has 0 fully saturated rings. The molecule has 0 spiro atoms. The molecule has 5 heteroatoms. The molecule has 3 aromatic rings. The zero-order valence-electron chi connectivity index (χ0n) is 11.2. The zero-order chi connectivity index (χ0) is 14.3. The Morgan fingerprint density at radius 1 is 1.20 bits per heavy atom. The second kappa shape index (κ2) is 4.52. The van der Waals surface area contributed by atoms with Gasteiger partial charge in [0, 0.05) is 6.07 Å². The highest BCUT2D eigenvalue weighted by Crippen LogP contribution is 2.28. The number of nitrogens with two attached hydrogens (primary N) is 1. The van der Waals surface area contributed by atoms with Crippen molar-refractivity contribution < 1.29 is 9.13 Å². The monoisotopic (exact) mass is 271 g/mol. The van der Waals surface area contributed by atoms with Crippen LogP contribution in [0.3, 0.4) is 0 Å². The molecular weight excluding hydrogens is 257 g/mol. The molecule has 0 aliphatic heterocycles. The first-order valence-electron chi connectivity index (χ1n) is 6.18. The van der Waals surface area contributed by atoms with Crippen molar-refractivity contribution in [3.63, 3.8) is 0 Å². The van der Waals surface area contributed by atoms with Crippen molar-refractivity contribution in [1.29, 1.82) is 0 Å². The van der Waals surface area contributed by atoms with Gasteiger partial charge >= 0.3 is 0 Å². The van der Waals surface area contributed by atoms with Crippen LogP contribution in [0, 0.1) is 12.7 Å². The van der Waals surface area contributed by atoms with Gasteiger partial charge in [0.2, 0.25) is 5.95 Å². The molecule has 1 aromatic heterocycles. The van der Waals surface area contributed by atoms with Crippen molar-refractivity contribution in [2.45, 2.75) is 6.92 Å². The lowest BCUT2D eigenvalue weighted by Gasteiger charge is -2.10. The first-order valence-corrected chi connectivity index (χ1v) is 6.18. The van der Waals surface area contributed by atoms with E-state index < -0.39 is 0 Å². The molecule has 2 N–H and O–H groups in total. The number of halogens is 1. The molecule has 0 aliphatic rings. The fraction of sp³-hybridized carbons (Fsp3) is 0.133. The van der Waals surface area contributed by atoms with E-state index in [1.807, 2.05) is 25.1 Å². The van der Waals surface area contributed by atoms with Gasteiger partial charge in [-0.1, -0.05) is 0 Å². The number of hydrogen-bond acceptors (Lipinski definition) is 3. The van der Waals surface area contributed by atoms with Gasteiger partial charge in [-0.15, -0.1) is 0 Å². The fourth-order valence-electron chi connectivity index (χ4n) is 2.32. The van der Waals surface area contributed by atoms with E-state index in [1.165, 1.54) is 12.1 Å². The van der Waals surface area contributed by atoms with Crippen LogP contribution in [0.15, 0.2) is 36.4 Å². The summed E-state index contributed by atoms with van der Waals surface area (Å²) in [6.45, 7) is 1.84. The third-order valence-corrected chi connectivity index (χ3v) is 3.29. The van der Waals surface area contributed by atoms with Crippen molar-refractivity contribution >= 4 is 17.0 Å². The molecule has 0 bridgehead atoms. The normalized spacial score (nSPS) is 10.9. The summed E-state index contributed by atoms with van der Waals surface area (Å²) in [5.41, 5.74) is 9.20. The number of nitrogen functional groups attached to an aromatic ring is 1. The highest BCUT2D eigenvalue weighted by Gasteiger charge is 2.13. The Bertz CT molecular complexity index is 795. The number of imidazole rings is 1. The molecule has 0 saturated heterocycles. The van der Waals surface area contributed by atoms with Crippen molar-refractivity contribution in [2.24, 2.45) is 0 Å². The number of rotatable bonds is 2. The molecule has 0 saturated carbocycles. The third kappa shape index (κ3) is 1.87. The molecular formula is C15H14FN3O. The number of benzene rings is 2. The number of anilines is 1. The van der Waals surface area contributed by atoms with Gasteiger partial charge in [0.05, 0.1) is 23.8 Å². The van der Waals surface area contributed by atoms with Crippen LogP contribution in [0.1, 0.15) is 5.56 Å². The van der Waals surface area contributed by atoms with E-state index in [-0.39, 0.29) is 5.82 Å². The molecule has 0 atom stereocenters. The van der Waals surface area contributed by atoms with Crippen LogP contribution in [0.2, 0.25) is 0 Å². The van der Waals surface area contributed by atoms with Gasteiger partial charge < -0.3 is 10.5 Å². The molecule has 0 unspecified atom stereocenters. The van der Waals surface area contributed by atoms with Crippen molar-refractivity contribution in [3.05, 3.63) is 47.8 Å². The van der Waals surface area contributed by atoms with E-state index in [2.05, 4.69) is 4.98 Å². The number of nitrogens with zero attached hydrogens (tertiary/aromatic N) is 2. The quantitative estimate of drug-likeness (QED) is 0.779. The Kier molecular flexibility index (Phi) is 2.82. The summed E-state index contributed by atoms with van der Waals surface area (Å²) >= 11 is 0. The summed E-state index contributed by atoms with van der Waals surface area (Å²) in [5.74, 6) is 0.813. The van der Waals surface area contributed by atoms with Crippen LogP contribution in [0.4, 0.5) is 10.3 Å². The fourth-order valence-corrected chi connectivity index (χ4v) is 2.32. The minimum atomic E-state index is -0.271. The van der Waals surface area contributed by atoms with Gasteiger partial charge in [-0.2, -0.15) is 0 Å². The van der Waals surface area contributed by atoms with Crippen molar-refractivity contribution in [1.82, 2.24) is 9.55 Å². The number of methoxy groups -OCH3 is 1. The number of aromatic nitrogens is 2. The number of hydrogen-bond donors (Lipinski definition) is 1. The molecule has 0 amide bonds. The van der Waals surface area contributed by atoms with Gasteiger partial charge in [0.1, 0.15) is 11.6 Å². The minimum absolute atomic E-state index is 0.271. The Balaban J connectivity index is 2.31. The van der Waals surface area contributed by atoms with E-state index in [9.17, 15) is 4.39 Å². The Hall–Kier alpha value is -2.56. The van der Waals surface area contributed by atoms with E-state index in [4.69, 9.17) is 10.5 Å². The lowest BCUT2D eigenvalue weighted by molar-refractivity contribution is 0.415. The Morgan fingerprint density at radius 3 is 2.70 bits per heavy atom. The Morgan fingerprint density at radius 2 is 2.00 bits per heavy atom. The zero-order valence-corrected chi connectivity index (χ0v) is 11.2. The van der Waals surface area contributed by atoms with Gasteiger partial charge in [-0.25, -0.2) is 9.37 Å². The molecule has 0 radical (unpaired) electrons. The van der Waals surface area contributed by atoms with Crippen LogP contribution >= 0.6 is 0 Å². The van der Waals surface area contributed by atoms with Gasteiger partial charge in [-0.05, 0) is 42.8 Å². The highest BCUT2D eigenvalue weighted by molar-refractivity contribution is 5.82. The third-order valence-electron chi connectivity index (χ3n) is 3.29. The topological polar surface area (TPSA) is 53.1 Å². The van der Waals surface area contributed by atoms with E-state index >= 15 is 0 Å². The van der Waals surface area contributed by atoms with Crippen LogP contribution in [0.25, 0.3) is 16.7 Å². The average molecular weight is 271 g/mol. The van der Waals surface area contributed by atoms with Crippen LogP contribution in [-0.2, 0) is 0 Å². The van der Waals surface area contributed by atoms with Crippen LogP contribution in [0.5, 0.6) is 5.75 Å². The lowest BCUT2D eigenvalue weighted by atomic mass is 10.2. The molecule has 4 nitrogen and oxygen atoms in total. The number of aryl methyl sites for hydroxylation is 1. The number of fused-ring (bicyclic) bond motifs is 1. The summed E-state index contributed by atoms with van der Waals surface area (Å²) in [6, 6.07) is 10.1. The standard InChI is InChI=1S/C15H14FN3O/c1-9-7-10(16)3-6-13(9)19-14-8-11(20-2)4-5-12(14)18-15(19)17/h3-8H,1-2H3,(H2,17,18).